The van der Waals surface area contributed by atoms with E-state index >= 15 is 0 Å². The average Bonchev–Trinajstić information content (AvgIpc) is 3.15. The van der Waals surface area contributed by atoms with E-state index in [9.17, 15) is 9.59 Å². The van der Waals surface area contributed by atoms with Gasteiger partial charge in [0.2, 0.25) is 0 Å². The van der Waals surface area contributed by atoms with Crippen molar-refractivity contribution >= 4 is 23.6 Å². The highest BCUT2D eigenvalue weighted by Crippen LogP contribution is 2.12. The number of carbonyl (C=O) groups is 2. The fourth-order valence-electron chi connectivity index (χ4n) is 2.37. The molecule has 0 aliphatic heterocycles. The molecule has 0 saturated heterocycles. The van der Waals surface area contributed by atoms with E-state index in [1.165, 1.54) is 12.3 Å². The first kappa shape index (κ1) is 17.2. The van der Waals surface area contributed by atoms with Gasteiger partial charge in [-0.05, 0) is 43.3 Å². The van der Waals surface area contributed by atoms with Gasteiger partial charge in [0.25, 0.3) is 11.8 Å². The molecule has 26 heavy (non-hydrogen) atoms. The molecule has 0 atom stereocenters. The lowest BCUT2D eigenvalue weighted by molar-refractivity contribution is -0.113. The molecular weight excluding hydrogens is 328 g/mol. The Kier molecular flexibility index (Phi) is 5.29. The zero-order valence-electron chi connectivity index (χ0n) is 14.2. The number of nitrogens with one attached hydrogen (secondary N) is 2. The third-order valence-corrected chi connectivity index (χ3v) is 3.63. The van der Waals surface area contributed by atoms with E-state index < -0.39 is 5.91 Å². The lowest BCUT2D eigenvalue weighted by Crippen LogP contribution is -2.30. The van der Waals surface area contributed by atoms with Crippen molar-refractivity contribution < 1.29 is 14.0 Å². The molecule has 1 heterocycles. The van der Waals surface area contributed by atoms with Gasteiger partial charge in [-0.25, -0.2) is 0 Å². The maximum absolute atomic E-state index is 12.6. The Morgan fingerprint density at radius 2 is 1.77 bits per heavy atom. The van der Waals surface area contributed by atoms with Gasteiger partial charge in [-0.2, -0.15) is 0 Å². The van der Waals surface area contributed by atoms with Gasteiger partial charge in [0.1, 0.15) is 11.5 Å². The largest absolute Gasteiger partial charge is 0.465 e. The van der Waals surface area contributed by atoms with Gasteiger partial charge in [0.05, 0.1) is 6.26 Å². The summed E-state index contributed by atoms with van der Waals surface area (Å²) in [6.45, 7) is 1.90. The summed E-state index contributed by atoms with van der Waals surface area (Å²) in [6.07, 6.45) is 2.99. The van der Waals surface area contributed by atoms with Crippen molar-refractivity contribution in [2.75, 3.05) is 5.32 Å². The second-order valence-corrected chi connectivity index (χ2v) is 5.72. The highest BCUT2D eigenvalue weighted by atomic mass is 16.3. The van der Waals surface area contributed by atoms with Gasteiger partial charge < -0.3 is 15.1 Å². The van der Waals surface area contributed by atoms with E-state index in [-0.39, 0.29) is 11.6 Å². The first-order valence-corrected chi connectivity index (χ1v) is 8.11. The van der Waals surface area contributed by atoms with Crippen LogP contribution in [0.15, 0.2) is 83.1 Å². The van der Waals surface area contributed by atoms with Crippen LogP contribution in [0.25, 0.3) is 6.08 Å². The fourth-order valence-corrected chi connectivity index (χ4v) is 2.37. The van der Waals surface area contributed by atoms with Crippen molar-refractivity contribution in [3.05, 3.63) is 95.6 Å². The number of para-hydroxylation sites is 1. The molecule has 0 spiro atoms. The predicted molar refractivity (Wildman–Crippen MR) is 100 cm³/mol. The summed E-state index contributed by atoms with van der Waals surface area (Å²) in [7, 11) is 0. The van der Waals surface area contributed by atoms with Crippen LogP contribution in [0, 0.1) is 6.92 Å². The molecular formula is C21H18N2O3. The normalized spacial score (nSPS) is 11.0. The molecule has 2 aromatic carbocycles. The molecule has 0 fully saturated rings. The van der Waals surface area contributed by atoms with Crippen molar-refractivity contribution in [1.29, 1.82) is 0 Å². The van der Waals surface area contributed by atoms with Crippen LogP contribution in [-0.2, 0) is 4.79 Å². The minimum atomic E-state index is -0.436. The Balaban J connectivity index is 1.84. The topological polar surface area (TPSA) is 71.3 Å². The Bertz CT molecular complexity index is 929. The molecule has 3 rings (SSSR count). The molecule has 2 N–H and O–H groups in total. The van der Waals surface area contributed by atoms with Crippen molar-refractivity contribution in [3.63, 3.8) is 0 Å². The third-order valence-electron chi connectivity index (χ3n) is 3.63. The molecule has 0 aliphatic rings. The van der Waals surface area contributed by atoms with E-state index in [4.69, 9.17) is 4.42 Å². The maximum Gasteiger partial charge on any atom is 0.272 e. The molecule has 0 bridgehead atoms. The van der Waals surface area contributed by atoms with Crippen molar-refractivity contribution in [2.24, 2.45) is 0 Å². The highest BCUT2D eigenvalue weighted by molar-refractivity contribution is 6.10. The van der Waals surface area contributed by atoms with Gasteiger partial charge in [-0.3, -0.25) is 9.59 Å². The van der Waals surface area contributed by atoms with Gasteiger partial charge >= 0.3 is 0 Å². The maximum atomic E-state index is 12.6. The molecule has 2 amide bonds. The summed E-state index contributed by atoms with van der Waals surface area (Å²) < 4.78 is 5.26. The number of rotatable bonds is 5. The Labute approximate surface area is 151 Å². The van der Waals surface area contributed by atoms with E-state index in [0.29, 0.717) is 17.0 Å². The van der Waals surface area contributed by atoms with Crippen LogP contribution in [0.5, 0.6) is 0 Å². The van der Waals surface area contributed by atoms with Gasteiger partial charge in [0, 0.05) is 17.3 Å². The third kappa shape index (κ3) is 4.48. The number of aryl methyl sites for hydroxylation is 1. The molecule has 5 nitrogen and oxygen atoms in total. The fraction of sp³-hybridized carbons (Fsp3) is 0.0476. The summed E-state index contributed by atoms with van der Waals surface area (Å²) in [5, 5.41) is 5.43. The van der Waals surface area contributed by atoms with Crippen LogP contribution in [0.3, 0.4) is 0 Å². The van der Waals surface area contributed by atoms with Crippen LogP contribution >= 0.6 is 0 Å². The lowest BCUT2D eigenvalue weighted by Gasteiger charge is -2.11. The van der Waals surface area contributed by atoms with Crippen molar-refractivity contribution in [1.82, 2.24) is 5.32 Å². The first-order valence-electron chi connectivity index (χ1n) is 8.11. The zero-order chi connectivity index (χ0) is 18.4. The van der Waals surface area contributed by atoms with Crippen molar-refractivity contribution in [3.8, 4) is 0 Å². The van der Waals surface area contributed by atoms with Crippen LogP contribution < -0.4 is 10.6 Å². The molecule has 3 aromatic rings. The number of carbonyl (C=O) groups excluding carboxylic acids is 2. The molecule has 5 heteroatoms. The second kappa shape index (κ2) is 7.98. The van der Waals surface area contributed by atoms with Gasteiger partial charge in [-0.1, -0.05) is 35.9 Å². The second-order valence-electron chi connectivity index (χ2n) is 5.72. The van der Waals surface area contributed by atoms with Crippen LogP contribution in [0.1, 0.15) is 21.7 Å². The summed E-state index contributed by atoms with van der Waals surface area (Å²) in [4.78, 5) is 25.2. The molecule has 0 saturated carbocycles. The SMILES string of the molecule is Cc1cccc(C(=O)NC(=Cc2ccco2)C(=O)Nc2ccccc2)c1. The molecule has 0 radical (unpaired) electrons. The molecule has 0 unspecified atom stereocenters. The van der Waals surface area contributed by atoms with Crippen molar-refractivity contribution in [2.45, 2.75) is 6.92 Å². The van der Waals surface area contributed by atoms with E-state index in [1.807, 2.05) is 31.2 Å². The number of amides is 2. The summed E-state index contributed by atoms with van der Waals surface area (Å²) >= 11 is 0. The van der Waals surface area contributed by atoms with Gasteiger partial charge in [0.15, 0.2) is 0 Å². The number of anilines is 1. The zero-order valence-corrected chi connectivity index (χ0v) is 14.2. The quantitative estimate of drug-likeness (QED) is 0.686. The molecule has 0 aliphatic carbocycles. The lowest BCUT2D eigenvalue weighted by atomic mass is 10.1. The minimum absolute atomic E-state index is 0.0929. The predicted octanol–water partition coefficient (Wildman–Crippen LogP) is 4.00. The Morgan fingerprint density at radius 1 is 0.962 bits per heavy atom. The van der Waals surface area contributed by atoms with E-state index in [0.717, 1.165) is 5.56 Å². The van der Waals surface area contributed by atoms with Crippen LogP contribution in [-0.4, -0.2) is 11.8 Å². The average molecular weight is 346 g/mol. The molecule has 130 valence electrons. The van der Waals surface area contributed by atoms with Crippen LogP contribution in [0.4, 0.5) is 5.69 Å². The Hall–Kier alpha value is -3.60. The minimum Gasteiger partial charge on any atom is -0.465 e. The van der Waals surface area contributed by atoms with Crippen LogP contribution in [0.2, 0.25) is 0 Å². The summed E-state index contributed by atoms with van der Waals surface area (Å²) in [5.41, 5.74) is 2.16. The molecule has 1 aromatic heterocycles. The monoisotopic (exact) mass is 346 g/mol. The number of hydrogen-bond donors (Lipinski definition) is 2. The first-order chi connectivity index (χ1) is 12.6. The number of furan rings is 1. The number of hydrogen-bond acceptors (Lipinski definition) is 3. The number of benzene rings is 2. The summed E-state index contributed by atoms with van der Waals surface area (Å²) in [6, 6.07) is 19.6. The summed E-state index contributed by atoms with van der Waals surface area (Å²) in [5.74, 6) is -0.337. The smallest absolute Gasteiger partial charge is 0.272 e. The van der Waals surface area contributed by atoms with Gasteiger partial charge in [-0.15, -0.1) is 0 Å². The Morgan fingerprint density at radius 3 is 2.46 bits per heavy atom. The van der Waals surface area contributed by atoms with E-state index in [2.05, 4.69) is 10.6 Å². The van der Waals surface area contributed by atoms with E-state index in [1.54, 1.807) is 42.5 Å². The highest BCUT2D eigenvalue weighted by Gasteiger charge is 2.15. The standard InChI is InChI=1S/C21H18N2O3/c1-15-7-5-8-16(13-15)20(24)23-19(14-18-11-6-12-26-18)21(25)22-17-9-3-2-4-10-17/h2-14H,1H3,(H,22,25)(H,23,24).